The SMILES string of the molecule is CC(CO)(NC(=O)c1cccc(F)n1)c1ccccc1. The molecule has 5 heteroatoms. The van der Waals surface area contributed by atoms with E-state index >= 15 is 0 Å². The third kappa shape index (κ3) is 3.00. The molecule has 0 spiro atoms. The summed E-state index contributed by atoms with van der Waals surface area (Å²) in [5.74, 6) is -1.26. The van der Waals surface area contributed by atoms with E-state index in [-0.39, 0.29) is 12.3 Å². The number of hydrogen-bond acceptors (Lipinski definition) is 3. The topological polar surface area (TPSA) is 62.2 Å². The van der Waals surface area contributed by atoms with E-state index in [4.69, 9.17) is 0 Å². The van der Waals surface area contributed by atoms with Crippen LogP contribution in [-0.2, 0) is 5.54 Å². The van der Waals surface area contributed by atoms with Crippen molar-refractivity contribution in [3.8, 4) is 0 Å². The summed E-state index contributed by atoms with van der Waals surface area (Å²) in [4.78, 5) is 15.6. The molecule has 1 heterocycles. The number of rotatable bonds is 4. The van der Waals surface area contributed by atoms with Crippen molar-refractivity contribution in [2.75, 3.05) is 6.61 Å². The van der Waals surface area contributed by atoms with Crippen LogP contribution in [0.4, 0.5) is 4.39 Å². The van der Waals surface area contributed by atoms with Gasteiger partial charge in [-0.15, -0.1) is 0 Å². The fourth-order valence-corrected chi connectivity index (χ4v) is 1.86. The molecule has 0 radical (unpaired) electrons. The van der Waals surface area contributed by atoms with Gasteiger partial charge in [0, 0.05) is 0 Å². The number of aliphatic hydroxyl groups excluding tert-OH is 1. The average Bonchev–Trinajstić information content (AvgIpc) is 2.48. The first-order chi connectivity index (χ1) is 9.55. The van der Waals surface area contributed by atoms with Crippen molar-refractivity contribution in [1.82, 2.24) is 10.3 Å². The molecule has 1 unspecified atom stereocenters. The van der Waals surface area contributed by atoms with E-state index in [9.17, 15) is 14.3 Å². The van der Waals surface area contributed by atoms with Gasteiger partial charge in [-0.2, -0.15) is 4.39 Å². The van der Waals surface area contributed by atoms with Gasteiger partial charge in [-0.25, -0.2) is 4.98 Å². The Balaban J connectivity index is 2.24. The Morgan fingerprint density at radius 2 is 1.95 bits per heavy atom. The van der Waals surface area contributed by atoms with E-state index in [1.165, 1.54) is 18.2 Å². The molecule has 1 aromatic carbocycles. The summed E-state index contributed by atoms with van der Waals surface area (Å²) in [7, 11) is 0. The number of aliphatic hydroxyl groups is 1. The molecule has 104 valence electrons. The molecule has 1 atom stereocenters. The summed E-state index contributed by atoms with van der Waals surface area (Å²) in [5.41, 5.74) is -0.223. The highest BCUT2D eigenvalue weighted by Gasteiger charge is 2.28. The second kappa shape index (κ2) is 5.79. The van der Waals surface area contributed by atoms with E-state index in [0.29, 0.717) is 0 Å². The number of carbonyl (C=O) groups excluding carboxylic acids is 1. The summed E-state index contributed by atoms with van der Waals surface area (Å²) >= 11 is 0. The first kappa shape index (κ1) is 14.1. The van der Waals surface area contributed by atoms with Crippen LogP contribution < -0.4 is 5.32 Å². The number of aromatic nitrogens is 1. The van der Waals surface area contributed by atoms with Gasteiger partial charge >= 0.3 is 0 Å². The molecule has 0 aliphatic carbocycles. The highest BCUT2D eigenvalue weighted by atomic mass is 19.1. The Morgan fingerprint density at radius 3 is 2.55 bits per heavy atom. The van der Waals surface area contributed by atoms with Gasteiger partial charge in [-0.3, -0.25) is 4.79 Å². The second-order valence-electron chi connectivity index (χ2n) is 4.66. The minimum absolute atomic E-state index is 0.0272. The van der Waals surface area contributed by atoms with Crippen LogP contribution in [0.3, 0.4) is 0 Å². The molecule has 0 saturated carbocycles. The number of halogens is 1. The summed E-state index contributed by atoms with van der Waals surface area (Å²) in [6, 6.07) is 13.1. The first-order valence-electron chi connectivity index (χ1n) is 6.16. The monoisotopic (exact) mass is 274 g/mol. The van der Waals surface area contributed by atoms with Gasteiger partial charge in [0.15, 0.2) is 0 Å². The van der Waals surface area contributed by atoms with Crippen molar-refractivity contribution < 1.29 is 14.3 Å². The van der Waals surface area contributed by atoms with E-state index in [0.717, 1.165) is 5.56 Å². The second-order valence-corrected chi connectivity index (χ2v) is 4.66. The molecule has 0 bridgehead atoms. The van der Waals surface area contributed by atoms with Gasteiger partial charge in [-0.05, 0) is 24.6 Å². The van der Waals surface area contributed by atoms with Crippen LogP contribution in [0.5, 0.6) is 0 Å². The smallest absolute Gasteiger partial charge is 0.270 e. The standard InChI is InChI=1S/C15H15FN2O2/c1-15(10-19,11-6-3-2-4-7-11)18-14(20)12-8-5-9-13(16)17-12/h2-9,19H,10H2,1H3,(H,18,20). The average molecular weight is 274 g/mol. The Morgan fingerprint density at radius 1 is 1.25 bits per heavy atom. The number of nitrogens with zero attached hydrogens (tertiary/aromatic N) is 1. The number of carbonyl (C=O) groups is 1. The van der Waals surface area contributed by atoms with E-state index in [1.807, 2.05) is 18.2 Å². The maximum atomic E-state index is 13.0. The Labute approximate surface area is 116 Å². The molecule has 0 saturated heterocycles. The molecule has 0 aliphatic heterocycles. The molecular weight excluding hydrogens is 259 g/mol. The molecular formula is C15H15FN2O2. The van der Waals surface area contributed by atoms with Crippen LogP contribution >= 0.6 is 0 Å². The number of hydrogen-bond donors (Lipinski definition) is 2. The van der Waals surface area contributed by atoms with Crippen LogP contribution in [-0.4, -0.2) is 22.6 Å². The number of benzene rings is 1. The molecule has 1 amide bonds. The van der Waals surface area contributed by atoms with Gasteiger partial charge in [0.2, 0.25) is 5.95 Å². The zero-order chi connectivity index (χ0) is 14.6. The highest BCUT2D eigenvalue weighted by Crippen LogP contribution is 2.20. The molecule has 1 aromatic heterocycles. The van der Waals surface area contributed by atoms with Crippen molar-refractivity contribution in [2.45, 2.75) is 12.5 Å². The zero-order valence-corrected chi connectivity index (χ0v) is 11.0. The van der Waals surface area contributed by atoms with Crippen LogP contribution in [0.1, 0.15) is 23.0 Å². The van der Waals surface area contributed by atoms with Crippen molar-refractivity contribution in [3.63, 3.8) is 0 Å². The minimum atomic E-state index is -0.952. The molecule has 2 N–H and O–H groups in total. The normalized spacial score (nSPS) is 13.6. The van der Waals surface area contributed by atoms with Gasteiger partial charge < -0.3 is 10.4 Å². The lowest BCUT2D eigenvalue weighted by Gasteiger charge is -2.29. The van der Waals surface area contributed by atoms with Gasteiger partial charge in [0.05, 0.1) is 12.1 Å². The highest BCUT2D eigenvalue weighted by molar-refractivity contribution is 5.92. The third-order valence-corrected chi connectivity index (χ3v) is 3.06. The van der Waals surface area contributed by atoms with Crippen molar-refractivity contribution in [2.24, 2.45) is 0 Å². The Hall–Kier alpha value is -2.27. The minimum Gasteiger partial charge on any atom is -0.394 e. The molecule has 2 rings (SSSR count). The number of amides is 1. The predicted octanol–water partition coefficient (Wildman–Crippen LogP) is 1.86. The molecule has 0 fully saturated rings. The third-order valence-electron chi connectivity index (χ3n) is 3.06. The molecule has 0 aliphatic rings. The summed E-state index contributed by atoms with van der Waals surface area (Å²) in [5, 5.41) is 12.3. The summed E-state index contributed by atoms with van der Waals surface area (Å²) < 4.78 is 13.0. The lowest BCUT2D eigenvalue weighted by molar-refractivity contribution is 0.0843. The summed E-state index contributed by atoms with van der Waals surface area (Å²) in [6.07, 6.45) is 0. The van der Waals surface area contributed by atoms with Crippen LogP contribution in [0.2, 0.25) is 0 Å². The maximum Gasteiger partial charge on any atom is 0.270 e. The van der Waals surface area contributed by atoms with E-state index in [2.05, 4.69) is 10.3 Å². The quantitative estimate of drug-likeness (QED) is 0.836. The number of pyridine rings is 1. The molecule has 4 nitrogen and oxygen atoms in total. The Bertz CT molecular complexity index is 604. The lowest BCUT2D eigenvalue weighted by Crippen LogP contribution is -2.46. The van der Waals surface area contributed by atoms with Crippen molar-refractivity contribution >= 4 is 5.91 Å². The van der Waals surface area contributed by atoms with Crippen molar-refractivity contribution in [3.05, 3.63) is 65.7 Å². The fourth-order valence-electron chi connectivity index (χ4n) is 1.86. The van der Waals surface area contributed by atoms with Gasteiger partial charge in [-0.1, -0.05) is 36.4 Å². The van der Waals surface area contributed by atoms with Crippen LogP contribution in [0.15, 0.2) is 48.5 Å². The van der Waals surface area contributed by atoms with Gasteiger partial charge in [0.1, 0.15) is 5.69 Å². The predicted molar refractivity (Wildman–Crippen MR) is 72.5 cm³/mol. The summed E-state index contributed by atoms with van der Waals surface area (Å²) in [6.45, 7) is 1.41. The largest absolute Gasteiger partial charge is 0.394 e. The van der Waals surface area contributed by atoms with Crippen LogP contribution in [0, 0.1) is 5.95 Å². The number of nitrogens with one attached hydrogen (secondary N) is 1. The van der Waals surface area contributed by atoms with Gasteiger partial charge in [0.25, 0.3) is 5.91 Å². The zero-order valence-electron chi connectivity index (χ0n) is 11.0. The lowest BCUT2D eigenvalue weighted by atomic mass is 9.92. The van der Waals surface area contributed by atoms with Crippen molar-refractivity contribution in [1.29, 1.82) is 0 Å². The van der Waals surface area contributed by atoms with Crippen LogP contribution in [0.25, 0.3) is 0 Å². The fraction of sp³-hybridized carbons (Fsp3) is 0.200. The molecule has 20 heavy (non-hydrogen) atoms. The molecule has 2 aromatic rings. The van der Waals surface area contributed by atoms with E-state index < -0.39 is 17.4 Å². The Kier molecular flexibility index (Phi) is 4.10. The maximum absolute atomic E-state index is 13.0. The van der Waals surface area contributed by atoms with E-state index in [1.54, 1.807) is 19.1 Å². The first-order valence-corrected chi connectivity index (χ1v) is 6.16.